The number of fused-ring (bicyclic) bond motifs is 1. The lowest BCUT2D eigenvalue weighted by Gasteiger charge is -2.29. The van der Waals surface area contributed by atoms with Crippen LogP contribution in [0.4, 0.5) is 0 Å². The monoisotopic (exact) mass is 406 g/mol. The molecule has 0 amide bonds. The summed E-state index contributed by atoms with van der Waals surface area (Å²) in [4.78, 5) is 19.7. The second-order valence-electron chi connectivity index (χ2n) is 7.56. The van der Waals surface area contributed by atoms with Crippen LogP contribution in [0.3, 0.4) is 0 Å². The number of carbonyl (C=O) groups excluding carboxylic acids is 1. The van der Waals surface area contributed by atoms with E-state index in [9.17, 15) is 4.79 Å². The van der Waals surface area contributed by atoms with Gasteiger partial charge in [0.05, 0.1) is 11.7 Å². The fraction of sp³-hybridized carbons (Fsp3) is 0.250. The number of ether oxygens (including phenoxy) is 1. The lowest BCUT2D eigenvalue weighted by atomic mass is 9.94. The average molecular weight is 407 g/mol. The fourth-order valence-corrected chi connectivity index (χ4v) is 4.09. The number of aromatic amines is 1. The highest BCUT2D eigenvalue weighted by atomic mass is 35.5. The zero-order valence-corrected chi connectivity index (χ0v) is 17.5. The third kappa shape index (κ3) is 3.99. The van der Waals surface area contributed by atoms with Crippen LogP contribution < -0.4 is 4.74 Å². The molecule has 0 saturated heterocycles. The normalized spacial score (nSPS) is 17.8. The van der Waals surface area contributed by atoms with Crippen molar-refractivity contribution in [3.8, 4) is 5.75 Å². The van der Waals surface area contributed by atoms with E-state index in [2.05, 4.69) is 17.1 Å². The van der Waals surface area contributed by atoms with Crippen LogP contribution in [-0.4, -0.2) is 23.0 Å². The summed E-state index contributed by atoms with van der Waals surface area (Å²) in [7, 11) is 0. The van der Waals surface area contributed by atoms with Gasteiger partial charge in [-0.15, -0.1) is 0 Å². The number of rotatable bonds is 5. The molecule has 1 N–H and O–H groups in total. The Morgan fingerprint density at radius 3 is 2.48 bits per heavy atom. The molecule has 2 heterocycles. The molecule has 3 aromatic rings. The molecular formula is C24H23ClN2O2. The summed E-state index contributed by atoms with van der Waals surface area (Å²) in [5.41, 5.74) is 5.65. The molecule has 1 aliphatic rings. The quantitative estimate of drug-likeness (QED) is 0.556. The molecule has 2 unspecified atom stereocenters. The second kappa shape index (κ2) is 7.88. The van der Waals surface area contributed by atoms with Crippen molar-refractivity contribution in [3.63, 3.8) is 0 Å². The van der Waals surface area contributed by atoms with Gasteiger partial charge in [0.1, 0.15) is 17.0 Å². The van der Waals surface area contributed by atoms with Crippen LogP contribution in [0.25, 0.3) is 0 Å². The van der Waals surface area contributed by atoms with Crippen molar-refractivity contribution in [1.82, 2.24) is 4.98 Å². The largest absolute Gasteiger partial charge is 0.483 e. The molecule has 29 heavy (non-hydrogen) atoms. The number of hydrogen-bond acceptors (Lipinski definition) is 3. The molecule has 5 heteroatoms. The highest BCUT2D eigenvalue weighted by molar-refractivity contribution is 6.29. The van der Waals surface area contributed by atoms with Gasteiger partial charge >= 0.3 is 0 Å². The molecule has 0 spiro atoms. The predicted molar refractivity (Wildman–Crippen MR) is 117 cm³/mol. The summed E-state index contributed by atoms with van der Waals surface area (Å²) in [6.45, 7) is 5.52. The Bertz CT molecular complexity index is 1060. The number of carbonyl (C=O) groups is 1. The van der Waals surface area contributed by atoms with Crippen molar-refractivity contribution in [3.05, 3.63) is 87.2 Å². The minimum atomic E-state index is -0.278. The van der Waals surface area contributed by atoms with Gasteiger partial charge in [0.15, 0.2) is 5.78 Å². The second-order valence-corrected chi connectivity index (χ2v) is 7.96. The third-order valence-corrected chi connectivity index (χ3v) is 5.50. The van der Waals surface area contributed by atoms with E-state index in [1.807, 2.05) is 56.5 Å². The minimum absolute atomic E-state index is 0.0478. The van der Waals surface area contributed by atoms with Crippen molar-refractivity contribution in [2.75, 3.05) is 0 Å². The number of nitrogens with one attached hydrogen (secondary N) is 1. The number of halogens is 1. The van der Waals surface area contributed by atoms with Crippen molar-refractivity contribution < 1.29 is 9.53 Å². The van der Waals surface area contributed by atoms with Crippen molar-refractivity contribution in [2.45, 2.75) is 39.3 Å². The van der Waals surface area contributed by atoms with Gasteiger partial charge in [-0.25, -0.2) is 0 Å². The number of aryl methyl sites for hydroxylation is 2. The van der Waals surface area contributed by atoms with Crippen LogP contribution >= 0.6 is 11.6 Å². The number of hydrogen-bond donors (Lipinski definition) is 1. The van der Waals surface area contributed by atoms with Crippen molar-refractivity contribution in [2.24, 2.45) is 4.99 Å². The Kier molecular flexibility index (Phi) is 5.29. The van der Waals surface area contributed by atoms with E-state index in [-0.39, 0.29) is 17.9 Å². The molecule has 2 atom stereocenters. The van der Waals surface area contributed by atoms with Gasteiger partial charge in [0.25, 0.3) is 0 Å². The smallest absolute Gasteiger partial charge is 0.159 e. The molecule has 4 nitrogen and oxygen atoms in total. The zero-order valence-electron chi connectivity index (χ0n) is 16.7. The Morgan fingerprint density at radius 2 is 1.83 bits per heavy atom. The maximum Gasteiger partial charge on any atom is 0.159 e. The van der Waals surface area contributed by atoms with Gasteiger partial charge in [-0.3, -0.25) is 9.79 Å². The number of aliphatic imine (C=N–C) groups is 1. The van der Waals surface area contributed by atoms with Gasteiger partial charge in [-0.2, -0.15) is 0 Å². The first kappa shape index (κ1) is 19.5. The molecule has 1 aliphatic heterocycles. The number of H-pyrrole nitrogens is 1. The Balaban J connectivity index is 1.71. The molecule has 0 bridgehead atoms. The summed E-state index contributed by atoms with van der Waals surface area (Å²) in [6.07, 6.45) is 2.32. The SMILES string of the molecule is CC(=O)c1cc(C)c(OC2c3cc(Cl)[nH]c3C=NC2Cc2ccccc2)c(C)c1. The average Bonchev–Trinajstić information content (AvgIpc) is 3.07. The number of nitrogens with zero attached hydrogens (tertiary/aromatic N) is 1. The predicted octanol–water partition coefficient (Wildman–Crippen LogP) is 5.65. The summed E-state index contributed by atoms with van der Waals surface area (Å²) in [5.74, 6) is 0.838. The van der Waals surface area contributed by atoms with Gasteiger partial charge in [0.2, 0.25) is 0 Å². The van der Waals surface area contributed by atoms with Crippen LogP contribution in [-0.2, 0) is 6.42 Å². The summed E-state index contributed by atoms with van der Waals surface area (Å²) >= 11 is 6.23. The van der Waals surface area contributed by atoms with Crippen LogP contribution in [0, 0.1) is 13.8 Å². The molecule has 2 aromatic carbocycles. The standard InChI is InChI=1S/C24H23ClN2O2/c1-14-9-18(16(3)28)10-15(2)23(14)29-24-19-12-22(25)27-21(19)13-26-20(24)11-17-7-5-4-6-8-17/h4-10,12-13,20,24,27H,11H2,1-3H3. The maximum atomic E-state index is 11.8. The van der Waals surface area contributed by atoms with Crippen LogP contribution in [0.1, 0.15) is 51.3 Å². The number of aromatic nitrogens is 1. The van der Waals surface area contributed by atoms with Gasteiger partial charge in [0, 0.05) is 17.3 Å². The molecule has 148 valence electrons. The minimum Gasteiger partial charge on any atom is -0.483 e. The molecule has 0 saturated carbocycles. The lowest BCUT2D eigenvalue weighted by Crippen LogP contribution is -2.28. The fourth-order valence-electron chi connectivity index (χ4n) is 3.87. The first-order valence-corrected chi connectivity index (χ1v) is 10.0. The number of ketones is 1. The summed E-state index contributed by atoms with van der Waals surface area (Å²) < 4.78 is 6.57. The Morgan fingerprint density at radius 1 is 1.14 bits per heavy atom. The Hall–Kier alpha value is -2.85. The van der Waals surface area contributed by atoms with Crippen LogP contribution in [0.15, 0.2) is 53.5 Å². The van der Waals surface area contributed by atoms with Gasteiger partial charge in [-0.1, -0.05) is 41.9 Å². The van der Waals surface area contributed by atoms with Crippen LogP contribution in [0.2, 0.25) is 5.15 Å². The summed E-state index contributed by atoms with van der Waals surface area (Å²) in [5, 5.41) is 0.566. The van der Waals surface area contributed by atoms with E-state index in [1.54, 1.807) is 6.92 Å². The number of Topliss-reactive ketones (excluding diaryl/α,β-unsaturated/α-hetero) is 1. The zero-order chi connectivity index (χ0) is 20.5. The molecular weight excluding hydrogens is 384 g/mol. The van der Waals surface area contributed by atoms with Crippen molar-refractivity contribution in [1.29, 1.82) is 0 Å². The summed E-state index contributed by atoms with van der Waals surface area (Å²) in [6, 6.07) is 15.9. The lowest BCUT2D eigenvalue weighted by molar-refractivity contribution is 0.101. The molecule has 0 radical (unpaired) electrons. The van der Waals surface area contributed by atoms with Gasteiger partial charge in [-0.05, 0) is 62.1 Å². The molecule has 4 rings (SSSR count). The maximum absolute atomic E-state index is 11.8. The highest BCUT2D eigenvalue weighted by Gasteiger charge is 2.32. The number of benzene rings is 2. The third-order valence-electron chi connectivity index (χ3n) is 5.30. The first-order chi connectivity index (χ1) is 13.9. The van der Waals surface area contributed by atoms with Crippen LogP contribution in [0.5, 0.6) is 5.75 Å². The van der Waals surface area contributed by atoms with E-state index in [4.69, 9.17) is 21.3 Å². The molecule has 1 aromatic heterocycles. The van der Waals surface area contributed by atoms with E-state index < -0.39 is 0 Å². The van der Waals surface area contributed by atoms with Crippen molar-refractivity contribution >= 4 is 23.6 Å². The van der Waals surface area contributed by atoms with Gasteiger partial charge < -0.3 is 9.72 Å². The first-order valence-electron chi connectivity index (χ1n) is 9.66. The molecule has 0 aliphatic carbocycles. The van der Waals surface area contributed by atoms with E-state index in [0.717, 1.165) is 34.6 Å². The Labute approximate surface area is 175 Å². The highest BCUT2D eigenvalue weighted by Crippen LogP contribution is 2.37. The topological polar surface area (TPSA) is 54.5 Å². The van der Waals surface area contributed by atoms with E-state index in [0.29, 0.717) is 10.7 Å². The molecule has 0 fully saturated rings. The van der Waals surface area contributed by atoms with E-state index in [1.165, 1.54) is 5.56 Å². The van der Waals surface area contributed by atoms with E-state index >= 15 is 0 Å².